The lowest BCUT2D eigenvalue weighted by atomic mass is 9.69. The molecule has 1 fully saturated rings. The second kappa shape index (κ2) is 4.61. The van der Waals surface area contributed by atoms with Crippen LogP contribution < -0.4 is 0 Å². The summed E-state index contributed by atoms with van der Waals surface area (Å²) in [4.78, 5) is 0. The highest BCUT2D eigenvalue weighted by Gasteiger charge is 2.77. The zero-order chi connectivity index (χ0) is 18.7. The van der Waals surface area contributed by atoms with Crippen molar-refractivity contribution in [3.63, 3.8) is 0 Å². The van der Waals surface area contributed by atoms with Gasteiger partial charge in [-0.1, -0.05) is 65.2 Å². The monoisotopic (exact) mass is 368 g/mol. The normalized spacial score (nSPS) is 48.1. The highest BCUT2D eigenvalue weighted by atomic mass is 31.2. The maximum absolute atomic E-state index is 14.6. The largest absolute Gasteiger partial charge is 0.322 e. The molecule has 0 saturated carbocycles. The van der Waals surface area contributed by atoms with E-state index in [1.54, 1.807) is 0 Å². The van der Waals surface area contributed by atoms with Crippen molar-refractivity contribution >= 4 is 14.3 Å². The first-order chi connectivity index (χ1) is 10.6. The molecule has 0 aliphatic carbocycles. The first kappa shape index (κ1) is 18.7. The molecule has 0 radical (unpaired) electrons. The van der Waals surface area contributed by atoms with Crippen molar-refractivity contribution in [3.05, 3.63) is 22.5 Å². The number of rotatable bonds is 0. The Morgan fingerprint density at radius 2 is 1.42 bits per heavy atom. The smallest absolute Gasteiger partial charge is 0.118 e. The molecule has 3 aliphatic heterocycles. The van der Waals surface area contributed by atoms with Crippen LogP contribution in [0.3, 0.4) is 0 Å². The van der Waals surface area contributed by atoms with Gasteiger partial charge in [-0.2, -0.15) is 0 Å². The molecule has 2 nitrogen and oxygen atoms in total. The fourth-order valence-electron chi connectivity index (χ4n) is 5.95. The zero-order valence-electron chi connectivity index (χ0n) is 17.0. The molecule has 0 spiro atoms. The minimum Gasteiger partial charge on any atom is -0.322 e. The van der Waals surface area contributed by atoms with E-state index < -0.39 is 14.3 Å². The predicted molar refractivity (Wildman–Crippen MR) is 106 cm³/mol. The maximum Gasteiger partial charge on any atom is 0.118 e. The Bertz CT molecular complexity index is 772. The van der Waals surface area contributed by atoms with Crippen LogP contribution >= 0.6 is 14.3 Å². The van der Waals surface area contributed by atoms with E-state index in [0.29, 0.717) is 0 Å². The van der Waals surface area contributed by atoms with Gasteiger partial charge in [0.1, 0.15) is 14.3 Å². The molecular formula is C20H34O2P2. The third-order valence-electron chi connectivity index (χ3n) is 7.50. The minimum absolute atomic E-state index is 0.00809. The van der Waals surface area contributed by atoms with Gasteiger partial charge in [0.05, 0.1) is 0 Å². The summed E-state index contributed by atoms with van der Waals surface area (Å²) in [7, 11) is -5.16. The van der Waals surface area contributed by atoms with Gasteiger partial charge in [-0.3, -0.25) is 0 Å². The molecule has 6 atom stereocenters. The molecule has 0 aromatic rings. The van der Waals surface area contributed by atoms with E-state index in [0.717, 1.165) is 0 Å². The lowest BCUT2D eigenvalue weighted by Crippen LogP contribution is -2.42. The van der Waals surface area contributed by atoms with Crippen molar-refractivity contribution in [1.29, 1.82) is 0 Å². The molecule has 0 aromatic heterocycles. The van der Waals surface area contributed by atoms with Crippen LogP contribution in [-0.4, -0.2) is 27.3 Å². The van der Waals surface area contributed by atoms with Gasteiger partial charge >= 0.3 is 0 Å². The van der Waals surface area contributed by atoms with E-state index in [1.165, 1.54) is 16.7 Å². The van der Waals surface area contributed by atoms with Crippen LogP contribution in [0.25, 0.3) is 0 Å². The van der Waals surface area contributed by atoms with Crippen LogP contribution in [0.2, 0.25) is 0 Å². The summed E-state index contributed by atoms with van der Waals surface area (Å²) in [6.07, 6.45) is 0. The lowest BCUT2D eigenvalue weighted by molar-refractivity contribution is 0.384. The van der Waals surface area contributed by atoms with Gasteiger partial charge in [0.25, 0.3) is 0 Å². The summed E-state index contributed by atoms with van der Waals surface area (Å²) in [5.41, 5.74) is 3.67. The number of fused-ring (bicyclic) bond motifs is 5. The van der Waals surface area contributed by atoms with E-state index in [1.807, 2.05) is 0 Å². The maximum atomic E-state index is 14.6. The van der Waals surface area contributed by atoms with Crippen LogP contribution in [0, 0.1) is 5.41 Å². The molecule has 0 amide bonds. The fourth-order valence-corrected chi connectivity index (χ4v) is 16.7. The molecule has 3 rings (SSSR count). The van der Waals surface area contributed by atoms with Crippen LogP contribution in [0.4, 0.5) is 0 Å². The highest BCUT2D eigenvalue weighted by Crippen LogP contribution is 2.91. The molecule has 4 heteroatoms. The van der Waals surface area contributed by atoms with E-state index >= 15 is 0 Å². The molecule has 3 aliphatic rings. The van der Waals surface area contributed by atoms with Crippen LogP contribution in [0.1, 0.15) is 69.2 Å². The number of allylic oxidation sites excluding steroid dienone is 3. The summed E-state index contributed by atoms with van der Waals surface area (Å²) in [5.74, 6) is 2.11. The Balaban J connectivity index is 2.38. The average Bonchev–Trinajstić information content (AvgIpc) is 2.81. The van der Waals surface area contributed by atoms with E-state index in [2.05, 4.69) is 75.1 Å². The standard InChI is InChI=1S/C20H34O2P2/c1-12-11-23(21,18(4,5)6)17-15-13(2)14(3)16(20(12,17)10)24(15,22)19(7,8)9/h11,15-17H,1-10H3/t15-,16+,17+,20-,23?,24?/m0/s1. The third-order valence-corrected chi connectivity index (χ3v) is 17.6. The predicted octanol–water partition coefficient (Wildman–Crippen LogP) is 6.70. The van der Waals surface area contributed by atoms with Crippen molar-refractivity contribution in [2.75, 3.05) is 0 Å². The molecule has 24 heavy (non-hydrogen) atoms. The summed E-state index contributed by atoms with van der Waals surface area (Å²) in [6, 6.07) is 0. The van der Waals surface area contributed by atoms with Crippen molar-refractivity contribution in [1.82, 2.24) is 0 Å². The second-order valence-electron chi connectivity index (χ2n) is 10.5. The topological polar surface area (TPSA) is 34.1 Å². The summed E-state index contributed by atoms with van der Waals surface area (Å²) < 4.78 is 28.9. The van der Waals surface area contributed by atoms with Crippen LogP contribution in [0.15, 0.2) is 22.5 Å². The van der Waals surface area contributed by atoms with Gasteiger partial charge in [-0.25, -0.2) is 0 Å². The van der Waals surface area contributed by atoms with Crippen molar-refractivity contribution in [3.8, 4) is 0 Å². The van der Waals surface area contributed by atoms with Gasteiger partial charge in [0, 0.05) is 32.7 Å². The van der Waals surface area contributed by atoms with Gasteiger partial charge in [-0.15, -0.1) is 0 Å². The quantitative estimate of drug-likeness (QED) is 0.352. The minimum atomic E-state index is -2.60. The van der Waals surface area contributed by atoms with E-state index in [4.69, 9.17) is 0 Å². The molecule has 2 bridgehead atoms. The summed E-state index contributed by atoms with van der Waals surface area (Å²) >= 11 is 0. The van der Waals surface area contributed by atoms with Crippen molar-refractivity contribution < 1.29 is 9.13 Å². The fraction of sp³-hybridized carbons (Fsp3) is 0.800. The van der Waals surface area contributed by atoms with Crippen molar-refractivity contribution in [2.45, 2.75) is 96.5 Å². The molecule has 1 saturated heterocycles. The first-order valence-electron chi connectivity index (χ1n) is 9.12. The zero-order valence-corrected chi connectivity index (χ0v) is 18.8. The Morgan fingerprint density at radius 1 is 0.917 bits per heavy atom. The molecule has 136 valence electrons. The summed E-state index contributed by atoms with van der Waals surface area (Å²) in [5, 5.41) is -0.532. The Morgan fingerprint density at radius 3 is 1.83 bits per heavy atom. The lowest BCUT2D eigenvalue weighted by Gasteiger charge is -2.42. The van der Waals surface area contributed by atoms with Gasteiger partial charge in [0.15, 0.2) is 0 Å². The van der Waals surface area contributed by atoms with Gasteiger partial charge in [0.2, 0.25) is 0 Å². The average molecular weight is 368 g/mol. The Labute approximate surface area is 148 Å². The van der Waals surface area contributed by atoms with Crippen molar-refractivity contribution in [2.24, 2.45) is 5.41 Å². The molecule has 0 aromatic carbocycles. The number of hydrogen-bond acceptors (Lipinski definition) is 2. The molecular weight excluding hydrogens is 334 g/mol. The van der Waals surface area contributed by atoms with E-state index in [9.17, 15) is 9.13 Å². The second-order valence-corrected chi connectivity index (χ2v) is 17.9. The molecule has 2 unspecified atom stereocenters. The van der Waals surface area contributed by atoms with Gasteiger partial charge in [-0.05, 0) is 26.6 Å². The molecule has 0 N–H and O–H groups in total. The first-order valence-corrected chi connectivity index (χ1v) is 12.8. The Kier molecular flexibility index (Phi) is 3.60. The Hall–Kier alpha value is -0.0600. The molecule has 3 heterocycles. The van der Waals surface area contributed by atoms with Crippen LogP contribution in [-0.2, 0) is 9.13 Å². The van der Waals surface area contributed by atoms with Crippen LogP contribution in [0.5, 0.6) is 0 Å². The third kappa shape index (κ3) is 1.71. The summed E-state index contributed by atoms with van der Waals surface area (Å²) in [6.45, 7) is 21.4. The SMILES string of the molecule is CC1=CP(=O)(C(C)(C)C)[C@@H]2[C@@H]3C(C)=C(C)[C@H]([C@]12C)P3(=O)C(C)(C)C. The number of hydrogen-bond donors (Lipinski definition) is 0. The van der Waals surface area contributed by atoms with E-state index in [-0.39, 0.29) is 32.7 Å². The van der Waals surface area contributed by atoms with Gasteiger partial charge < -0.3 is 9.13 Å². The highest BCUT2D eigenvalue weighted by molar-refractivity contribution is 7.74.